The van der Waals surface area contributed by atoms with Crippen molar-refractivity contribution >= 4 is 24.2 Å². The van der Waals surface area contributed by atoms with Crippen molar-refractivity contribution in [3.05, 3.63) is 29.8 Å². The normalized spacial score (nSPS) is 18.3. The molecule has 1 saturated heterocycles. The van der Waals surface area contributed by atoms with Gasteiger partial charge in [0, 0.05) is 44.8 Å². The van der Waals surface area contributed by atoms with Crippen LogP contribution in [0.1, 0.15) is 98.7 Å². The fraction of sp³-hybridized carbons (Fsp3) is 0.750. The number of aliphatic hydroxyl groups is 1. The maximum Gasteiger partial charge on any atom is 0.222 e. The molecule has 46 heavy (non-hydrogen) atoms. The fourth-order valence-electron chi connectivity index (χ4n) is 5.45. The number of nitrogens with two attached hydrogens (primary N) is 1. The number of carbonyl (C=O) groups is 3. The Bertz CT molecular complexity index is 914. The molecule has 0 radical (unpaired) electrons. The smallest absolute Gasteiger partial charge is 0.222 e. The van der Waals surface area contributed by atoms with E-state index in [2.05, 4.69) is 36.0 Å². The summed E-state index contributed by atoms with van der Waals surface area (Å²) in [5, 5.41) is 13.3. The molecule has 10 nitrogen and oxygen atoms in total. The number of nitrogen functional groups attached to an aromatic ring is 1. The van der Waals surface area contributed by atoms with Crippen molar-refractivity contribution in [3.8, 4) is 0 Å². The first-order valence-electron chi connectivity index (χ1n) is 16.9. The third-order valence-electron chi connectivity index (χ3n) is 8.24. The lowest BCUT2D eigenvalue weighted by atomic mass is 9.92. The van der Waals surface area contributed by atoms with Crippen molar-refractivity contribution in [3.63, 3.8) is 0 Å². The summed E-state index contributed by atoms with van der Waals surface area (Å²) < 4.78 is 10.9. The molecule has 1 aliphatic rings. The predicted octanol–water partition coefficient (Wildman–Crippen LogP) is 5.13. The van der Waals surface area contributed by atoms with E-state index in [-0.39, 0.29) is 30.2 Å². The van der Waals surface area contributed by atoms with Crippen molar-refractivity contribution in [1.29, 1.82) is 0 Å². The van der Waals surface area contributed by atoms with E-state index in [1.54, 1.807) is 45.4 Å². The van der Waals surface area contributed by atoms with Gasteiger partial charge in [0.15, 0.2) is 0 Å². The molecule has 1 fully saturated rings. The van der Waals surface area contributed by atoms with Crippen molar-refractivity contribution in [1.82, 2.24) is 15.1 Å². The molecule has 2 rings (SSSR count). The highest BCUT2D eigenvalue weighted by Gasteiger charge is 2.31. The first kappa shape index (κ1) is 45.8. The van der Waals surface area contributed by atoms with Gasteiger partial charge in [-0.3, -0.25) is 4.79 Å². The van der Waals surface area contributed by atoms with Crippen LogP contribution in [0.25, 0.3) is 0 Å². The van der Waals surface area contributed by atoms with Crippen molar-refractivity contribution < 1.29 is 29.0 Å². The van der Waals surface area contributed by atoms with Gasteiger partial charge in [-0.25, -0.2) is 0 Å². The second-order valence-corrected chi connectivity index (χ2v) is 12.4. The number of aldehydes is 2. The molecule has 6 unspecified atom stereocenters. The van der Waals surface area contributed by atoms with Crippen LogP contribution in [0.15, 0.2) is 24.3 Å². The van der Waals surface area contributed by atoms with E-state index in [0.717, 1.165) is 43.9 Å². The average Bonchev–Trinajstić information content (AvgIpc) is 3.46. The van der Waals surface area contributed by atoms with Gasteiger partial charge in [0.1, 0.15) is 12.6 Å². The molecule has 4 N–H and O–H groups in total. The molecule has 1 aromatic carbocycles. The van der Waals surface area contributed by atoms with Crippen LogP contribution in [0.2, 0.25) is 0 Å². The number of methoxy groups -OCH3 is 2. The number of carbonyl (C=O) groups excluding carboxylic acids is 3. The minimum Gasteiger partial charge on any atom is -0.399 e. The Kier molecular flexibility index (Phi) is 26.5. The van der Waals surface area contributed by atoms with Gasteiger partial charge in [-0.05, 0) is 77.0 Å². The number of hydrogen-bond acceptors (Lipinski definition) is 9. The first-order valence-corrected chi connectivity index (χ1v) is 16.9. The second-order valence-electron chi connectivity index (χ2n) is 12.4. The number of aliphatic hydroxyl groups excluding tert-OH is 1. The molecule has 10 heteroatoms. The lowest BCUT2D eigenvalue weighted by Crippen LogP contribution is -2.44. The van der Waals surface area contributed by atoms with E-state index in [0.29, 0.717) is 42.8 Å². The standard InChI is InChI=1S/C18H29N3O3.C11H23NO2.C5H10O.C2H6/c1-12(18(23)13-6-8-14(19)9-7-13)20-17(22)11-16(24-3)15-5-4-10-21(15)2;1-6-9(2)11(12(3)4)10(14-5)7-8-13;1-5(2)3-4-6;1-2/h6-9,12,15-16,18,23H,4-5,10-11,19H2,1-3H3,(H,20,22);8-11H,6-7H2,1-5H3;4-5H,3H2,1-2H3;1-2H3/t12-,15?,16?,18?;;;/m1.../s1. The first-order chi connectivity index (χ1) is 21.8. The van der Waals surface area contributed by atoms with Crippen molar-refractivity contribution in [2.45, 2.75) is 123 Å². The summed E-state index contributed by atoms with van der Waals surface area (Å²) in [7, 11) is 9.46. The molecule has 0 saturated carbocycles. The number of benzene rings is 1. The van der Waals surface area contributed by atoms with E-state index in [4.69, 9.17) is 15.2 Å². The van der Waals surface area contributed by atoms with Crippen LogP contribution in [0, 0.1) is 11.8 Å². The largest absolute Gasteiger partial charge is 0.399 e. The zero-order chi connectivity index (χ0) is 35.8. The topological polar surface area (TPSA) is 134 Å². The lowest BCUT2D eigenvalue weighted by Gasteiger charge is -2.34. The van der Waals surface area contributed by atoms with Crippen LogP contribution in [0.5, 0.6) is 0 Å². The average molecular weight is 653 g/mol. The fourth-order valence-corrected chi connectivity index (χ4v) is 5.45. The summed E-state index contributed by atoms with van der Waals surface area (Å²) in [4.78, 5) is 36.9. The Hall–Kier alpha value is -2.37. The van der Waals surface area contributed by atoms with Crippen molar-refractivity contribution in [2.24, 2.45) is 11.8 Å². The molecule has 1 aromatic rings. The zero-order valence-corrected chi connectivity index (χ0v) is 31.0. The third-order valence-corrected chi connectivity index (χ3v) is 8.24. The highest BCUT2D eigenvalue weighted by Crippen LogP contribution is 2.23. The molecule has 1 aliphatic heterocycles. The van der Waals surface area contributed by atoms with Crippen LogP contribution in [-0.2, 0) is 23.9 Å². The summed E-state index contributed by atoms with van der Waals surface area (Å²) in [5.41, 5.74) is 7.03. The maximum absolute atomic E-state index is 12.3. The minimum atomic E-state index is -0.773. The van der Waals surface area contributed by atoms with Crippen LogP contribution in [-0.4, -0.2) is 106 Å². The Labute approximate surface area is 280 Å². The molecular weight excluding hydrogens is 584 g/mol. The zero-order valence-electron chi connectivity index (χ0n) is 31.0. The molecule has 7 atom stereocenters. The molecule has 1 amide bonds. The lowest BCUT2D eigenvalue weighted by molar-refractivity contribution is -0.126. The van der Waals surface area contributed by atoms with Gasteiger partial charge in [0.05, 0.1) is 30.8 Å². The summed E-state index contributed by atoms with van der Waals surface area (Å²) >= 11 is 0. The monoisotopic (exact) mass is 653 g/mol. The Morgan fingerprint density at radius 1 is 1.07 bits per heavy atom. The number of likely N-dealkylation sites (N-methyl/N-ethyl adjacent to an activating group) is 2. The number of amides is 1. The second kappa shape index (κ2) is 26.7. The van der Waals surface area contributed by atoms with Gasteiger partial charge in [0.2, 0.25) is 5.91 Å². The van der Waals surface area contributed by atoms with Crippen LogP contribution >= 0.6 is 0 Å². The number of ether oxygens (including phenoxy) is 2. The highest BCUT2D eigenvalue weighted by molar-refractivity contribution is 5.77. The van der Waals surface area contributed by atoms with E-state index >= 15 is 0 Å². The summed E-state index contributed by atoms with van der Waals surface area (Å²) in [6.07, 6.45) is 5.74. The van der Waals surface area contributed by atoms with Crippen molar-refractivity contribution in [2.75, 3.05) is 47.6 Å². The molecule has 0 bridgehead atoms. The number of nitrogens with one attached hydrogen (secondary N) is 1. The van der Waals surface area contributed by atoms with Gasteiger partial charge in [-0.15, -0.1) is 0 Å². The SMILES string of the molecule is CC.CC(C)CC=O.CCC(C)C(C(CC=O)OC)N(C)C.COC(CC(=O)N[C@H](C)C(O)c1ccc(N)cc1)C1CCCN1C. The molecular formula is C36H68N4O6. The van der Waals surface area contributed by atoms with Gasteiger partial charge in [-0.1, -0.05) is 60.1 Å². The Balaban J connectivity index is 0. The predicted molar refractivity (Wildman–Crippen MR) is 190 cm³/mol. The molecule has 0 spiro atoms. The van der Waals surface area contributed by atoms with E-state index < -0.39 is 6.10 Å². The van der Waals surface area contributed by atoms with Crippen LogP contribution in [0.3, 0.4) is 0 Å². The van der Waals surface area contributed by atoms with Crippen LogP contribution < -0.4 is 11.1 Å². The number of rotatable bonds is 16. The Morgan fingerprint density at radius 3 is 2.00 bits per heavy atom. The van der Waals surface area contributed by atoms with E-state index in [1.807, 2.05) is 41.8 Å². The maximum atomic E-state index is 12.3. The summed E-state index contributed by atoms with van der Waals surface area (Å²) in [6.45, 7) is 15.2. The summed E-state index contributed by atoms with van der Waals surface area (Å²) in [6, 6.07) is 7.23. The number of anilines is 1. The van der Waals surface area contributed by atoms with Gasteiger partial charge >= 0.3 is 0 Å². The quantitative estimate of drug-likeness (QED) is 0.164. The van der Waals surface area contributed by atoms with E-state index in [9.17, 15) is 19.5 Å². The van der Waals surface area contributed by atoms with Gasteiger partial charge < -0.3 is 45.0 Å². The van der Waals surface area contributed by atoms with Gasteiger partial charge in [0.25, 0.3) is 0 Å². The molecule has 0 aliphatic carbocycles. The molecule has 0 aromatic heterocycles. The minimum absolute atomic E-state index is 0.0115. The van der Waals surface area contributed by atoms with Crippen LogP contribution in [0.4, 0.5) is 5.69 Å². The van der Waals surface area contributed by atoms with Gasteiger partial charge in [-0.2, -0.15) is 0 Å². The third kappa shape index (κ3) is 18.1. The molecule has 1 heterocycles. The summed E-state index contributed by atoms with van der Waals surface area (Å²) in [5.74, 6) is 0.960. The Morgan fingerprint density at radius 2 is 1.63 bits per heavy atom. The number of nitrogens with zero attached hydrogens (tertiary/aromatic N) is 2. The molecule has 268 valence electrons. The number of likely N-dealkylation sites (tertiary alicyclic amines) is 1. The number of hydrogen-bond donors (Lipinski definition) is 3. The highest BCUT2D eigenvalue weighted by atomic mass is 16.5. The van der Waals surface area contributed by atoms with E-state index in [1.165, 1.54) is 0 Å².